The van der Waals surface area contributed by atoms with Crippen molar-refractivity contribution >= 4 is 5.91 Å². The number of nitrogens with zero attached hydrogens (tertiary/aromatic N) is 3. The molecule has 1 amide bonds. The lowest BCUT2D eigenvalue weighted by molar-refractivity contribution is -0.137. The Kier molecular flexibility index (Phi) is 6.20. The van der Waals surface area contributed by atoms with Crippen molar-refractivity contribution in [3.05, 3.63) is 64.8 Å². The molecule has 1 atom stereocenters. The van der Waals surface area contributed by atoms with E-state index >= 15 is 0 Å². The highest BCUT2D eigenvalue weighted by Gasteiger charge is 2.32. The summed E-state index contributed by atoms with van der Waals surface area (Å²) in [5.74, 6) is 0.340. The third-order valence-electron chi connectivity index (χ3n) is 5.48. The molecular weight excluding hydrogens is 425 g/mol. The number of aromatic nitrogens is 3. The molecule has 1 fully saturated rings. The van der Waals surface area contributed by atoms with Gasteiger partial charge in [0, 0.05) is 37.2 Å². The van der Waals surface area contributed by atoms with Gasteiger partial charge in [-0.05, 0) is 37.1 Å². The number of rotatable bonds is 7. The van der Waals surface area contributed by atoms with Crippen molar-refractivity contribution in [2.24, 2.45) is 0 Å². The molecule has 1 aromatic carbocycles. The van der Waals surface area contributed by atoms with E-state index in [-0.39, 0.29) is 29.9 Å². The molecule has 1 aliphatic rings. The molecule has 4 rings (SSSR count). The summed E-state index contributed by atoms with van der Waals surface area (Å²) in [4.78, 5) is 14.3. The molecule has 0 saturated carbocycles. The second-order valence-electron chi connectivity index (χ2n) is 7.71. The molecule has 1 aliphatic heterocycles. The predicted molar refractivity (Wildman–Crippen MR) is 108 cm³/mol. The SMILES string of the molecule is CCc1cc(C(=O)N2CC[C@H](c3cc(CCOc4cccc(C(F)(F)F)c4)[nH]n3)C2)on1. The highest BCUT2D eigenvalue weighted by Crippen LogP contribution is 2.31. The molecule has 0 aliphatic carbocycles. The first-order chi connectivity index (χ1) is 15.3. The first-order valence-corrected chi connectivity index (χ1v) is 10.4. The number of carbonyl (C=O) groups is 1. The quantitative estimate of drug-likeness (QED) is 0.585. The summed E-state index contributed by atoms with van der Waals surface area (Å²) >= 11 is 0. The zero-order valence-electron chi connectivity index (χ0n) is 17.5. The standard InChI is InChI=1S/C22H23F3N4O3/c1-2-16-12-20(32-28-16)21(30)29-8-6-14(13-29)19-11-17(26-27-19)7-9-31-18-5-3-4-15(10-18)22(23,24)25/h3-5,10-12,14H,2,6-9,13H2,1H3,(H,26,27)/t14-/m0/s1. The zero-order chi connectivity index (χ0) is 22.7. The average Bonchev–Trinajstić information content (AvgIpc) is 3.52. The van der Waals surface area contributed by atoms with Crippen LogP contribution in [0, 0.1) is 0 Å². The Hall–Kier alpha value is -3.30. The van der Waals surface area contributed by atoms with E-state index in [0.717, 1.165) is 35.6 Å². The number of hydrogen-bond acceptors (Lipinski definition) is 5. The number of nitrogens with one attached hydrogen (secondary N) is 1. The number of alkyl halides is 3. The zero-order valence-corrected chi connectivity index (χ0v) is 17.5. The van der Waals surface area contributed by atoms with Gasteiger partial charge in [-0.15, -0.1) is 0 Å². The third-order valence-corrected chi connectivity index (χ3v) is 5.48. The maximum Gasteiger partial charge on any atom is 0.416 e. The molecule has 32 heavy (non-hydrogen) atoms. The Morgan fingerprint density at radius 2 is 2.16 bits per heavy atom. The smallest absolute Gasteiger partial charge is 0.416 e. The van der Waals surface area contributed by atoms with Gasteiger partial charge in [0.05, 0.1) is 23.6 Å². The summed E-state index contributed by atoms with van der Waals surface area (Å²) in [6.07, 6.45) is -2.45. The van der Waals surface area contributed by atoms with Crippen LogP contribution in [-0.2, 0) is 19.0 Å². The first kappa shape index (κ1) is 21.9. The summed E-state index contributed by atoms with van der Waals surface area (Å²) in [6, 6.07) is 8.40. The number of hydrogen-bond donors (Lipinski definition) is 1. The first-order valence-electron chi connectivity index (χ1n) is 10.4. The number of ether oxygens (including phenoxy) is 1. The van der Waals surface area contributed by atoms with Crippen molar-refractivity contribution in [3.63, 3.8) is 0 Å². The van der Waals surface area contributed by atoms with Gasteiger partial charge >= 0.3 is 6.18 Å². The van der Waals surface area contributed by atoms with E-state index in [9.17, 15) is 18.0 Å². The average molecular weight is 448 g/mol. The number of carbonyl (C=O) groups excluding carboxylic acids is 1. The molecule has 10 heteroatoms. The highest BCUT2D eigenvalue weighted by atomic mass is 19.4. The molecule has 0 radical (unpaired) electrons. The lowest BCUT2D eigenvalue weighted by atomic mass is 10.0. The van der Waals surface area contributed by atoms with E-state index in [0.29, 0.717) is 25.9 Å². The van der Waals surface area contributed by atoms with Crippen molar-refractivity contribution in [2.45, 2.75) is 38.3 Å². The van der Waals surface area contributed by atoms with Crippen LogP contribution >= 0.6 is 0 Å². The summed E-state index contributed by atoms with van der Waals surface area (Å²) in [5, 5.41) is 11.2. The minimum absolute atomic E-state index is 0.0990. The number of halogens is 3. The number of amides is 1. The third kappa shape index (κ3) is 4.95. The van der Waals surface area contributed by atoms with Crippen LogP contribution in [0.25, 0.3) is 0 Å². The van der Waals surface area contributed by atoms with Gasteiger partial charge < -0.3 is 14.2 Å². The molecule has 1 N–H and O–H groups in total. The minimum Gasteiger partial charge on any atom is -0.493 e. The van der Waals surface area contributed by atoms with E-state index < -0.39 is 11.7 Å². The Morgan fingerprint density at radius 1 is 1.31 bits per heavy atom. The van der Waals surface area contributed by atoms with Crippen molar-refractivity contribution < 1.29 is 27.2 Å². The van der Waals surface area contributed by atoms with Gasteiger partial charge in [0.2, 0.25) is 5.76 Å². The predicted octanol–water partition coefficient (Wildman–Crippen LogP) is 4.23. The largest absolute Gasteiger partial charge is 0.493 e. The van der Waals surface area contributed by atoms with Gasteiger partial charge in [-0.1, -0.05) is 18.1 Å². The van der Waals surface area contributed by atoms with Gasteiger partial charge in [-0.2, -0.15) is 18.3 Å². The van der Waals surface area contributed by atoms with Gasteiger partial charge in [0.1, 0.15) is 5.75 Å². The molecule has 2 aromatic heterocycles. The fourth-order valence-corrected chi connectivity index (χ4v) is 3.68. The van der Waals surface area contributed by atoms with Crippen LogP contribution in [0.4, 0.5) is 13.2 Å². The van der Waals surface area contributed by atoms with Crippen LogP contribution in [0.1, 0.15) is 52.5 Å². The number of aromatic amines is 1. The van der Waals surface area contributed by atoms with Crippen molar-refractivity contribution in [1.82, 2.24) is 20.3 Å². The Bertz CT molecular complexity index is 1080. The maximum absolute atomic E-state index is 12.8. The number of benzene rings is 1. The van der Waals surface area contributed by atoms with Gasteiger partial charge in [-0.25, -0.2) is 0 Å². The van der Waals surface area contributed by atoms with Crippen molar-refractivity contribution in [3.8, 4) is 5.75 Å². The molecule has 3 aromatic rings. The number of H-pyrrole nitrogens is 1. The van der Waals surface area contributed by atoms with Crippen LogP contribution in [0.2, 0.25) is 0 Å². The molecule has 0 unspecified atom stereocenters. The van der Waals surface area contributed by atoms with Crippen molar-refractivity contribution in [1.29, 1.82) is 0 Å². The minimum atomic E-state index is -4.40. The second-order valence-corrected chi connectivity index (χ2v) is 7.71. The van der Waals surface area contributed by atoms with Gasteiger partial charge in [0.25, 0.3) is 5.91 Å². The second kappa shape index (κ2) is 9.05. The summed E-state index contributed by atoms with van der Waals surface area (Å²) in [6.45, 7) is 3.29. The Labute approximate surface area is 182 Å². The Morgan fingerprint density at radius 3 is 2.91 bits per heavy atom. The molecule has 7 nitrogen and oxygen atoms in total. The summed E-state index contributed by atoms with van der Waals surface area (Å²) in [5.41, 5.74) is 1.67. The van der Waals surface area contributed by atoms with Crippen LogP contribution in [0.3, 0.4) is 0 Å². The molecule has 1 saturated heterocycles. The topological polar surface area (TPSA) is 84.2 Å². The Balaban J connectivity index is 1.29. The van der Waals surface area contributed by atoms with Gasteiger partial charge in [0.15, 0.2) is 0 Å². The van der Waals surface area contributed by atoms with E-state index in [1.54, 1.807) is 11.0 Å². The lowest BCUT2D eigenvalue weighted by Gasteiger charge is -2.13. The van der Waals surface area contributed by atoms with Gasteiger partial charge in [-0.3, -0.25) is 9.89 Å². The van der Waals surface area contributed by atoms with E-state index in [1.807, 2.05) is 13.0 Å². The summed E-state index contributed by atoms with van der Waals surface area (Å²) in [7, 11) is 0. The molecular formula is C22H23F3N4O3. The fraction of sp³-hybridized carbons (Fsp3) is 0.409. The van der Waals surface area contributed by atoms with E-state index in [1.165, 1.54) is 12.1 Å². The molecule has 0 bridgehead atoms. The lowest BCUT2D eigenvalue weighted by Crippen LogP contribution is -2.28. The fourth-order valence-electron chi connectivity index (χ4n) is 3.68. The van der Waals surface area contributed by atoms with Crippen LogP contribution in [-0.4, -0.2) is 45.9 Å². The highest BCUT2D eigenvalue weighted by molar-refractivity contribution is 5.91. The molecule has 3 heterocycles. The van der Waals surface area contributed by atoms with Crippen LogP contribution in [0.15, 0.2) is 40.9 Å². The normalized spacial score (nSPS) is 16.5. The molecule has 0 spiro atoms. The summed E-state index contributed by atoms with van der Waals surface area (Å²) < 4.78 is 49.0. The molecule has 170 valence electrons. The monoisotopic (exact) mass is 448 g/mol. The van der Waals surface area contributed by atoms with E-state index in [2.05, 4.69) is 15.4 Å². The van der Waals surface area contributed by atoms with Crippen LogP contribution < -0.4 is 4.74 Å². The number of aryl methyl sites for hydroxylation is 1. The van der Waals surface area contributed by atoms with Crippen LogP contribution in [0.5, 0.6) is 5.75 Å². The maximum atomic E-state index is 12.8. The van der Waals surface area contributed by atoms with E-state index in [4.69, 9.17) is 9.26 Å². The number of likely N-dealkylation sites (tertiary alicyclic amines) is 1. The van der Waals surface area contributed by atoms with Crippen molar-refractivity contribution in [2.75, 3.05) is 19.7 Å².